The first-order valence-corrected chi connectivity index (χ1v) is 14.3. The van der Waals surface area contributed by atoms with E-state index in [1.165, 1.54) is 23.1 Å². The number of aromatic nitrogens is 1. The van der Waals surface area contributed by atoms with Crippen LogP contribution in [-0.4, -0.2) is 57.8 Å². The Hall–Kier alpha value is -1.16. The maximum atomic E-state index is 13.2. The molecule has 9 heteroatoms. The number of thioether (sulfide) groups is 1. The van der Waals surface area contributed by atoms with Gasteiger partial charge < -0.3 is 20.8 Å². The summed E-state index contributed by atoms with van der Waals surface area (Å²) in [7, 11) is 0. The smallest absolute Gasteiger partial charge is 0.236 e. The minimum Gasteiger partial charge on any atom is -0.396 e. The minimum atomic E-state index is -0.642. The lowest BCUT2D eigenvalue weighted by molar-refractivity contribution is -0.144. The van der Waals surface area contributed by atoms with Gasteiger partial charge in [0.2, 0.25) is 11.8 Å². The standard InChI is InChI=1S/C24H37N3O4S2/c1-23-9-8-18(29)24(2,13-28)17(23)11-16-21(27-22(33-16)26-20(31)12-32-3)15(23)10-19(30)25-14-6-4-5-7-14/h14-15,17-18,28-29H,4-13H2,1-3H3,(H,25,30)(H,26,27,31)/t15-,17+,18-,23+,24+/m1/s1. The number of fused-ring (bicyclic) bond motifs is 2. The van der Waals surface area contributed by atoms with Crippen LogP contribution in [-0.2, 0) is 16.0 Å². The molecule has 184 valence electrons. The van der Waals surface area contributed by atoms with Crippen LogP contribution in [0.15, 0.2) is 0 Å². The fourth-order valence-corrected chi connectivity index (χ4v) is 7.95. The van der Waals surface area contributed by atoms with E-state index in [0.717, 1.165) is 42.7 Å². The number of rotatable bonds is 7. The monoisotopic (exact) mass is 495 g/mol. The van der Waals surface area contributed by atoms with E-state index in [1.54, 1.807) is 0 Å². The molecular formula is C24H37N3O4S2. The quantitative estimate of drug-likeness (QED) is 0.462. The number of anilines is 1. The second kappa shape index (κ2) is 9.84. The van der Waals surface area contributed by atoms with Crippen molar-refractivity contribution in [2.45, 2.75) is 83.3 Å². The molecule has 0 aromatic carbocycles. The van der Waals surface area contributed by atoms with Crippen LogP contribution in [0.5, 0.6) is 0 Å². The van der Waals surface area contributed by atoms with E-state index in [0.29, 0.717) is 30.1 Å². The average Bonchev–Trinajstić information content (AvgIpc) is 3.42. The third kappa shape index (κ3) is 4.70. The number of amides is 2. The molecule has 0 saturated heterocycles. The van der Waals surface area contributed by atoms with Gasteiger partial charge in [0.25, 0.3) is 0 Å². The normalized spacial score (nSPS) is 33.9. The minimum absolute atomic E-state index is 0.0192. The number of hydrogen-bond donors (Lipinski definition) is 4. The van der Waals surface area contributed by atoms with Crippen molar-refractivity contribution < 1.29 is 19.8 Å². The summed E-state index contributed by atoms with van der Waals surface area (Å²) in [6.45, 7) is 4.09. The summed E-state index contributed by atoms with van der Waals surface area (Å²) >= 11 is 2.94. The number of thiazole rings is 1. The van der Waals surface area contributed by atoms with Gasteiger partial charge in [-0.15, -0.1) is 11.3 Å². The Kier molecular flexibility index (Phi) is 7.44. The molecule has 2 fully saturated rings. The van der Waals surface area contributed by atoms with Crippen LogP contribution < -0.4 is 10.6 Å². The Bertz CT molecular complexity index is 887. The molecule has 2 saturated carbocycles. The summed E-state index contributed by atoms with van der Waals surface area (Å²) in [6, 6.07) is 0.261. The highest BCUT2D eigenvalue weighted by molar-refractivity contribution is 7.99. The molecule has 0 radical (unpaired) electrons. The molecule has 4 rings (SSSR count). The summed E-state index contributed by atoms with van der Waals surface area (Å²) < 4.78 is 0. The molecule has 4 N–H and O–H groups in total. The highest BCUT2D eigenvalue weighted by atomic mass is 32.2. The van der Waals surface area contributed by atoms with Crippen molar-refractivity contribution >= 4 is 40.0 Å². The topological polar surface area (TPSA) is 112 Å². The van der Waals surface area contributed by atoms with Gasteiger partial charge in [0.15, 0.2) is 5.13 Å². The second-order valence-corrected chi connectivity index (χ2v) is 12.5. The van der Waals surface area contributed by atoms with Crippen molar-refractivity contribution in [3.8, 4) is 0 Å². The Balaban J connectivity index is 1.67. The SMILES string of the molecule is CSCC(=O)Nc1nc2c(s1)C[C@@H]1[C@](C)(CO)[C@H](O)CC[C@@]1(C)[C@@H]2CC(=O)NC1CCCC1. The van der Waals surface area contributed by atoms with E-state index in [-0.39, 0.29) is 41.7 Å². The van der Waals surface area contributed by atoms with E-state index < -0.39 is 11.5 Å². The molecule has 3 aliphatic carbocycles. The Labute approximate surface area is 204 Å². The fraction of sp³-hybridized carbons (Fsp3) is 0.792. The third-order valence-corrected chi connectivity index (χ3v) is 10.1. The molecule has 0 unspecified atom stereocenters. The number of nitrogens with one attached hydrogen (secondary N) is 2. The van der Waals surface area contributed by atoms with Gasteiger partial charge in [0.1, 0.15) is 0 Å². The number of carbonyl (C=O) groups excluding carboxylic acids is 2. The lowest BCUT2D eigenvalue weighted by Gasteiger charge is -2.58. The van der Waals surface area contributed by atoms with Crippen LogP contribution in [0.25, 0.3) is 0 Å². The first-order chi connectivity index (χ1) is 15.7. The van der Waals surface area contributed by atoms with Crippen LogP contribution in [0.1, 0.15) is 75.3 Å². The van der Waals surface area contributed by atoms with E-state index in [9.17, 15) is 19.8 Å². The van der Waals surface area contributed by atoms with Gasteiger partial charge in [0, 0.05) is 28.7 Å². The van der Waals surface area contributed by atoms with E-state index >= 15 is 0 Å². The molecule has 5 atom stereocenters. The fourth-order valence-electron chi connectivity index (χ4n) is 6.53. The molecular weight excluding hydrogens is 458 g/mol. The van der Waals surface area contributed by atoms with Crippen LogP contribution >= 0.6 is 23.1 Å². The molecule has 1 heterocycles. The second-order valence-electron chi connectivity index (χ2n) is 10.6. The first kappa shape index (κ1) is 24.9. The van der Waals surface area contributed by atoms with Gasteiger partial charge in [-0.3, -0.25) is 9.59 Å². The zero-order valence-electron chi connectivity index (χ0n) is 19.9. The zero-order chi connectivity index (χ0) is 23.8. The molecule has 1 aromatic rings. The molecule has 2 amide bonds. The van der Waals surface area contributed by atoms with Gasteiger partial charge in [-0.05, 0) is 49.7 Å². The molecule has 0 bridgehead atoms. The number of hydrogen-bond acceptors (Lipinski definition) is 7. The van der Waals surface area contributed by atoms with Crippen molar-refractivity contribution in [1.29, 1.82) is 0 Å². The maximum absolute atomic E-state index is 13.2. The largest absolute Gasteiger partial charge is 0.396 e. The zero-order valence-corrected chi connectivity index (χ0v) is 21.5. The van der Waals surface area contributed by atoms with Crippen LogP contribution in [0.3, 0.4) is 0 Å². The van der Waals surface area contributed by atoms with E-state index in [2.05, 4.69) is 17.6 Å². The van der Waals surface area contributed by atoms with Crippen LogP contribution in [0.4, 0.5) is 5.13 Å². The lowest BCUT2D eigenvalue weighted by Crippen LogP contribution is -2.57. The predicted molar refractivity (Wildman–Crippen MR) is 133 cm³/mol. The third-order valence-electron chi connectivity index (χ3n) is 8.53. The van der Waals surface area contributed by atoms with Crippen molar-refractivity contribution in [2.24, 2.45) is 16.7 Å². The Morgan fingerprint density at radius 1 is 1.21 bits per heavy atom. The maximum Gasteiger partial charge on any atom is 0.236 e. The van der Waals surface area contributed by atoms with Gasteiger partial charge in [0.05, 0.1) is 24.2 Å². The van der Waals surface area contributed by atoms with Gasteiger partial charge in [-0.1, -0.05) is 26.7 Å². The van der Waals surface area contributed by atoms with Gasteiger partial charge in [-0.25, -0.2) is 4.98 Å². The van der Waals surface area contributed by atoms with Crippen LogP contribution in [0.2, 0.25) is 0 Å². The summed E-state index contributed by atoms with van der Waals surface area (Å²) in [5.74, 6) is 0.243. The van der Waals surface area contributed by atoms with Crippen molar-refractivity contribution in [1.82, 2.24) is 10.3 Å². The molecule has 3 aliphatic rings. The van der Waals surface area contributed by atoms with Crippen LogP contribution in [0, 0.1) is 16.7 Å². The summed E-state index contributed by atoms with van der Waals surface area (Å²) in [5.41, 5.74) is -0.000835. The molecule has 7 nitrogen and oxygen atoms in total. The van der Waals surface area contributed by atoms with E-state index in [1.807, 2.05) is 13.2 Å². The van der Waals surface area contributed by atoms with Crippen molar-refractivity contribution in [2.75, 3.05) is 23.9 Å². The lowest BCUT2D eigenvalue weighted by atomic mass is 9.47. The number of aliphatic hydroxyl groups is 2. The summed E-state index contributed by atoms with van der Waals surface area (Å²) in [4.78, 5) is 31.2. The first-order valence-electron chi connectivity index (χ1n) is 12.1. The molecule has 0 spiro atoms. The molecule has 0 aliphatic heterocycles. The average molecular weight is 496 g/mol. The predicted octanol–water partition coefficient (Wildman–Crippen LogP) is 3.31. The molecule has 1 aromatic heterocycles. The van der Waals surface area contributed by atoms with Gasteiger partial charge >= 0.3 is 0 Å². The number of carbonyl (C=O) groups is 2. The number of aliphatic hydroxyl groups excluding tert-OH is 2. The Morgan fingerprint density at radius 3 is 2.61 bits per heavy atom. The highest BCUT2D eigenvalue weighted by Gasteiger charge is 2.59. The highest BCUT2D eigenvalue weighted by Crippen LogP contribution is 2.62. The van der Waals surface area contributed by atoms with Crippen molar-refractivity contribution in [3.05, 3.63) is 10.6 Å². The molecule has 33 heavy (non-hydrogen) atoms. The number of nitrogens with zero attached hydrogens (tertiary/aromatic N) is 1. The van der Waals surface area contributed by atoms with E-state index in [4.69, 9.17) is 4.98 Å². The van der Waals surface area contributed by atoms with Crippen molar-refractivity contribution in [3.63, 3.8) is 0 Å². The van der Waals surface area contributed by atoms with Gasteiger partial charge in [-0.2, -0.15) is 11.8 Å². The summed E-state index contributed by atoms with van der Waals surface area (Å²) in [6.07, 6.45) is 8.13. The Morgan fingerprint density at radius 2 is 1.94 bits per heavy atom. The summed E-state index contributed by atoms with van der Waals surface area (Å²) in [5, 5.41) is 27.9.